The summed E-state index contributed by atoms with van der Waals surface area (Å²) >= 11 is 0. The van der Waals surface area contributed by atoms with Crippen LogP contribution in [0.2, 0.25) is 0 Å². The van der Waals surface area contributed by atoms with Gasteiger partial charge in [-0.15, -0.1) is 0 Å². The second kappa shape index (κ2) is 14.8. The molecule has 0 amide bonds. The minimum Gasteiger partial charge on any atom is -0.328 e. The average Bonchev–Trinajstić information content (AvgIpc) is 3.23. The molecule has 8 aromatic rings. The van der Waals surface area contributed by atoms with Gasteiger partial charge in [0.15, 0.2) is 0 Å². The van der Waals surface area contributed by atoms with Gasteiger partial charge in [-0.25, -0.2) is 0 Å². The van der Waals surface area contributed by atoms with Gasteiger partial charge in [-0.3, -0.25) is 0 Å². The van der Waals surface area contributed by atoms with Gasteiger partial charge in [0.1, 0.15) is 5.60 Å². The second-order valence-corrected chi connectivity index (χ2v) is 15.1. The zero-order valence-electron chi connectivity index (χ0n) is 30.0. The monoisotopic (exact) mass is 720 g/mol. The van der Waals surface area contributed by atoms with E-state index in [0.717, 1.165) is 79.8 Å². The second-order valence-electron chi connectivity index (χ2n) is 14.5. The van der Waals surface area contributed by atoms with Crippen molar-refractivity contribution in [2.45, 2.75) is 37.2 Å². The van der Waals surface area contributed by atoms with Crippen LogP contribution in [0.1, 0.15) is 42.7 Å². The number of hydrogen-bond acceptors (Lipinski definition) is 3. The number of benzene rings is 8. The molecule has 2 unspecified atom stereocenters. The summed E-state index contributed by atoms with van der Waals surface area (Å²) < 4.78 is 6.69. The molecular weight excluding hydrogens is 680 g/mol. The highest BCUT2D eigenvalue weighted by atomic mass is 31.2. The Hall–Kier alpha value is -5.41. The summed E-state index contributed by atoms with van der Waals surface area (Å²) in [5.74, 6) is -0.160. The van der Waals surface area contributed by atoms with Crippen LogP contribution < -0.4 is 0 Å². The lowest BCUT2D eigenvalue weighted by atomic mass is 9.65. The highest BCUT2D eigenvalue weighted by Gasteiger charge is 2.48. The summed E-state index contributed by atoms with van der Waals surface area (Å²) in [6, 6.07) is 64.6. The number of fused-ring (bicyclic) bond motifs is 2. The molecule has 4 heteroatoms. The first kappa shape index (κ1) is 34.4. The minimum absolute atomic E-state index is 0.160. The molecule has 3 nitrogen and oxygen atoms in total. The lowest BCUT2D eigenvalue weighted by molar-refractivity contribution is -0.00532. The van der Waals surface area contributed by atoms with Gasteiger partial charge in [0, 0.05) is 5.92 Å². The van der Waals surface area contributed by atoms with Crippen LogP contribution in [0.4, 0.5) is 0 Å². The molecule has 1 fully saturated rings. The quantitative estimate of drug-likeness (QED) is 0.154. The van der Waals surface area contributed by atoms with Crippen LogP contribution in [0, 0.1) is 0 Å². The Morgan fingerprint density at radius 3 is 1.46 bits per heavy atom. The molecule has 0 bridgehead atoms. The largest absolute Gasteiger partial charge is 0.328 e. The molecule has 0 aromatic heterocycles. The fraction of sp³-hybridized carbons (Fsp3) is 0.120. The van der Waals surface area contributed by atoms with E-state index in [-0.39, 0.29) is 5.92 Å². The number of rotatable bonds is 8. The van der Waals surface area contributed by atoms with Crippen LogP contribution in [0.5, 0.6) is 0 Å². The van der Waals surface area contributed by atoms with E-state index in [0.29, 0.717) is 6.42 Å². The maximum Gasteiger partial charge on any atom is 0.327 e. The van der Waals surface area contributed by atoms with E-state index in [1.807, 2.05) is 18.2 Å². The molecule has 264 valence electrons. The maximum atomic E-state index is 10.9. The lowest BCUT2D eigenvalue weighted by Crippen LogP contribution is -2.39. The molecule has 1 aliphatic carbocycles. The average molecular weight is 721 g/mol. The summed E-state index contributed by atoms with van der Waals surface area (Å²) in [6.07, 6.45) is 3.42. The zero-order valence-corrected chi connectivity index (χ0v) is 30.9. The summed E-state index contributed by atoms with van der Waals surface area (Å²) in [5.41, 5.74) is 10.2. The zero-order chi connectivity index (χ0) is 36.5. The van der Waals surface area contributed by atoms with Crippen LogP contribution >= 0.6 is 8.60 Å². The summed E-state index contributed by atoms with van der Waals surface area (Å²) in [5, 5.41) is 4.53. The smallest absolute Gasteiger partial charge is 0.327 e. The molecular formula is C50H41O3P. The third-order valence-corrected chi connectivity index (χ3v) is 11.8. The number of hydrogen-bond donors (Lipinski definition) is 2. The summed E-state index contributed by atoms with van der Waals surface area (Å²) in [4.78, 5) is 21.9. The van der Waals surface area contributed by atoms with Crippen LogP contribution in [-0.4, -0.2) is 9.79 Å². The third-order valence-electron chi connectivity index (χ3n) is 11.3. The van der Waals surface area contributed by atoms with E-state index < -0.39 is 14.2 Å². The molecule has 9 rings (SSSR count). The van der Waals surface area contributed by atoms with Crippen LogP contribution in [0.3, 0.4) is 0 Å². The third kappa shape index (κ3) is 6.55. The SMILES string of the molecule is OP(O)OC1(c2cc3ccc(-c4ccccc4)cc3cc2-c2ccccc2)CCCCC1c1cc2ccc(-c3ccccc3)cc2cc1-c1ccccc1. The van der Waals surface area contributed by atoms with E-state index in [2.05, 4.69) is 164 Å². The van der Waals surface area contributed by atoms with Gasteiger partial charge in [0.05, 0.1) is 0 Å². The molecule has 1 saturated carbocycles. The molecule has 0 heterocycles. The van der Waals surface area contributed by atoms with Gasteiger partial charge in [0.2, 0.25) is 0 Å². The van der Waals surface area contributed by atoms with Crippen molar-refractivity contribution in [2.24, 2.45) is 0 Å². The fourth-order valence-electron chi connectivity index (χ4n) is 8.77. The molecule has 0 saturated heterocycles. The predicted molar refractivity (Wildman–Crippen MR) is 225 cm³/mol. The van der Waals surface area contributed by atoms with Crippen LogP contribution in [0.15, 0.2) is 182 Å². The van der Waals surface area contributed by atoms with E-state index in [4.69, 9.17) is 4.52 Å². The van der Waals surface area contributed by atoms with Crippen molar-refractivity contribution < 1.29 is 14.3 Å². The first-order valence-corrected chi connectivity index (χ1v) is 20.0. The van der Waals surface area contributed by atoms with Crippen LogP contribution in [-0.2, 0) is 10.1 Å². The lowest BCUT2D eigenvalue weighted by Gasteiger charge is -2.46. The molecule has 0 spiro atoms. The molecule has 8 aromatic carbocycles. The highest BCUT2D eigenvalue weighted by molar-refractivity contribution is 7.39. The Balaban J connectivity index is 1.29. The van der Waals surface area contributed by atoms with Gasteiger partial charge in [-0.2, -0.15) is 0 Å². The van der Waals surface area contributed by atoms with Gasteiger partial charge in [-0.1, -0.05) is 165 Å². The first-order valence-electron chi connectivity index (χ1n) is 18.8. The van der Waals surface area contributed by atoms with E-state index in [1.165, 1.54) is 16.7 Å². The van der Waals surface area contributed by atoms with E-state index in [9.17, 15) is 9.79 Å². The summed E-state index contributed by atoms with van der Waals surface area (Å²) in [6.45, 7) is 0. The van der Waals surface area contributed by atoms with Gasteiger partial charge in [0.25, 0.3) is 0 Å². The van der Waals surface area contributed by atoms with Crippen molar-refractivity contribution in [1.82, 2.24) is 0 Å². The summed E-state index contributed by atoms with van der Waals surface area (Å²) in [7, 11) is -2.70. The first-order chi connectivity index (χ1) is 26.6. The topological polar surface area (TPSA) is 49.7 Å². The minimum atomic E-state index is -2.70. The van der Waals surface area contributed by atoms with Gasteiger partial charge < -0.3 is 14.3 Å². The van der Waals surface area contributed by atoms with Crippen molar-refractivity contribution in [1.29, 1.82) is 0 Å². The molecule has 1 aliphatic rings. The van der Waals surface area contributed by atoms with E-state index in [1.54, 1.807) is 0 Å². The van der Waals surface area contributed by atoms with Crippen molar-refractivity contribution in [3.8, 4) is 44.5 Å². The van der Waals surface area contributed by atoms with E-state index >= 15 is 0 Å². The highest BCUT2D eigenvalue weighted by Crippen LogP contribution is 2.58. The molecule has 0 radical (unpaired) electrons. The fourth-order valence-corrected chi connectivity index (χ4v) is 9.38. The molecule has 2 atom stereocenters. The maximum absolute atomic E-state index is 10.9. The molecule has 54 heavy (non-hydrogen) atoms. The Morgan fingerprint density at radius 2 is 0.926 bits per heavy atom. The Labute approximate surface area is 318 Å². The van der Waals surface area contributed by atoms with Gasteiger partial charge in [-0.05, 0) is 120 Å². The molecule has 2 N–H and O–H groups in total. The Morgan fingerprint density at radius 1 is 0.444 bits per heavy atom. The van der Waals surface area contributed by atoms with Crippen molar-refractivity contribution >= 4 is 30.1 Å². The van der Waals surface area contributed by atoms with Crippen molar-refractivity contribution in [3.05, 3.63) is 193 Å². The van der Waals surface area contributed by atoms with Crippen LogP contribution in [0.25, 0.3) is 66.1 Å². The molecule has 0 aliphatic heterocycles. The normalized spacial score (nSPS) is 17.3. The van der Waals surface area contributed by atoms with Gasteiger partial charge >= 0.3 is 8.60 Å². The standard InChI is InChI=1S/C50H41O3P/c51-54(52)53-50(49-34-42-27-25-40(36-17-7-2-8-18-36)30-44(42)33-46(49)38-21-11-4-12-22-38)28-14-13-23-48(50)47-31-41-26-24-39(35-15-5-1-6-16-35)29-43(41)32-45(47)37-19-9-3-10-20-37/h1-12,15-22,24-27,29-34,48,51-52H,13-14,23,28H2. The Bertz CT molecular complexity index is 2550. The Kier molecular flexibility index (Phi) is 9.41. The van der Waals surface area contributed by atoms with Crippen molar-refractivity contribution in [2.75, 3.05) is 0 Å². The van der Waals surface area contributed by atoms with Crippen molar-refractivity contribution in [3.63, 3.8) is 0 Å². The predicted octanol–water partition coefficient (Wildman–Crippen LogP) is 13.4.